The van der Waals surface area contributed by atoms with Crippen LogP contribution in [-0.4, -0.2) is 8.42 Å². The average molecular weight is 310 g/mol. The quantitative estimate of drug-likeness (QED) is 0.852. The van der Waals surface area contributed by atoms with Crippen molar-refractivity contribution in [2.45, 2.75) is 23.8 Å². The standard InChI is InChI=1S/C16H16F2O2S/c1-15(17,13-9-5-3-6-10-13)21(19,20)16(2,18)14-11-7-4-8-12-14/h3-12H,1-2H3. The molecular weight excluding hydrogens is 294 g/mol. The Morgan fingerprint density at radius 3 is 1.29 bits per heavy atom. The third-order valence-corrected chi connectivity index (χ3v) is 6.08. The summed E-state index contributed by atoms with van der Waals surface area (Å²) < 4.78 is 55.0. The monoisotopic (exact) mass is 310 g/mol. The lowest BCUT2D eigenvalue weighted by molar-refractivity contribution is 0.243. The molecule has 0 saturated carbocycles. The molecule has 0 N–H and O–H groups in total. The zero-order valence-electron chi connectivity index (χ0n) is 11.8. The number of hydrogen-bond acceptors (Lipinski definition) is 2. The van der Waals surface area contributed by atoms with Crippen LogP contribution < -0.4 is 0 Å². The summed E-state index contributed by atoms with van der Waals surface area (Å²) in [7, 11) is -4.78. The molecule has 0 radical (unpaired) electrons. The second kappa shape index (κ2) is 5.22. The molecule has 5 heteroatoms. The Labute approximate surface area is 123 Å². The molecule has 2 nitrogen and oxygen atoms in total. The lowest BCUT2D eigenvalue weighted by Gasteiger charge is -2.30. The van der Waals surface area contributed by atoms with Crippen molar-refractivity contribution in [2.75, 3.05) is 0 Å². The topological polar surface area (TPSA) is 34.1 Å². The maximum Gasteiger partial charge on any atom is 0.236 e. The summed E-state index contributed by atoms with van der Waals surface area (Å²) in [6.07, 6.45) is 0. The predicted octanol–water partition coefficient (Wildman–Crippen LogP) is 4.09. The molecule has 0 bridgehead atoms. The molecule has 0 amide bonds. The van der Waals surface area contributed by atoms with E-state index in [1.54, 1.807) is 12.1 Å². The van der Waals surface area contributed by atoms with Crippen molar-refractivity contribution in [3.8, 4) is 0 Å². The maximum absolute atomic E-state index is 15.0. The molecule has 0 aliphatic rings. The van der Waals surface area contributed by atoms with Crippen LogP contribution in [-0.2, 0) is 19.8 Å². The van der Waals surface area contributed by atoms with Crippen LogP contribution in [0.3, 0.4) is 0 Å². The highest BCUT2D eigenvalue weighted by Crippen LogP contribution is 2.44. The highest BCUT2D eigenvalue weighted by atomic mass is 32.2. The van der Waals surface area contributed by atoms with Crippen molar-refractivity contribution in [2.24, 2.45) is 0 Å². The molecule has 2 aromatic carbocycles. The minimum atomic E-state index is -4.78. The van der Waals surface area contributed by atoms with Crippen molar-refractivity contribution >= 4 is 9.84 Å². The largest absolute Gasteiger partial charge is 0.236 e. The van der Waals surface area contributed by atoms with Crippen molar-refractivity contribution in [3.05, 3.63) is 71.8 Å². The third kappa shape index (κ3) is 2.46. The van der Waals surface area contributed by atoms with Crippen LogP contribution in [0.4, 0.5) is 8.78 Å². The molecule has 2 unspecified atom stereocenters. The molecule has 0 aliphatic carbocycles. The number of rotatable bonds is 4. The van der Waals surface area contributed by atoms with Gasteiger partial charge in [-0.15, -0.1) is 0 Å². The van der Waals surface area contributed by atoms with E-state index in [1.165, 1.54) is 48.5 Å². The lowest BCUT2D eigenvalue weighted by atomic mass is 10.1. The van der Waals surface area contributed by atoms with E-state index in [9.17, 15) is 17.2 Å². The number of halogens is 2. The average Bonchev–Trinajstić information content (AvgIpc) is 2.48. The van der Waals surface area contributed by atoms with Gasteiger partial charge in [0.05, 0.1) is 0 Å². The van der Waals surface area contributed by atoms with E-state index in [0.29, 0.717) is 0 Å². The van der Waals surface area contributed by atoms with Crippen LogP contribution in [0.2, 0.25) is 0 Å². The first-order valence-electron chi connectivity index (χ1n) is 6.44. The van der Waals surface area contributed by atoms with Crippen molar-refractivity contribution in [1.82, 2.24) is 0 Å². The van der Waals surface area contributed by atoms with Gasteiger partial charge < -0.3 is 0 Å². The molecule has 0 aliphatic heterocycles. The first kappa shape index (κ1) is 15.6. The van der Waals surface area contributed by atoms with Gasteiger partial charge in [-0.2, -0.15) is 0 Å². The van der Waals surface area contributed by atoms with Gasteiger partial charge in [0.25, 0.3) is 0 Å². The van der Waals surface area contributed by atoms with Crippen molar-refractivity contribution < 1.29 is 17.2 Å². The van der Waals surface area contributed by atoms with Gasteiger partial charge in [0, 0.05) is 11.1 Å². The van der Waals surface area contributed by atoms with E-state index >= 15 is 0 Å². The molecule has 0 fully saturated rings. The van der Waals surface area contributed by atoms with Crippen molar-refractivity contribution in [3.63, 3.8) is 0 Å². The lowest BCUT2D eigenvalue weighted by Crippen LogP contribution is -2.40. The number of hydrogen-bond donors (Lipinski definition) is 0. The molecule has 2 rings (SSSR count). The van der Waals surface area contributed by atoms with Crippen LogP contribution in [0.25, 0.3) is 0 Å². The molecule has 0 heterocycles. The molecule has 0 spiro atoms. The van der Waals surface area contributed by atoms with E-state index in [2.05, 4.69) is 0 Å². The zero-order chi connectivity index (χ0) is 15.7. The Morgan fingerprint density at radius 2 is 1.00 bits per heavy atom. The highest BCUT2D eigenvalue weighted by Gasteiger charge is 2.54. The molecule has 2 aromatic rings. The Morgan fingerprint density at radius 1 is 0.714 bits per heavy atom. The molecule has 2 atom stereocenters. The van der Waals surface area contributed by atoms with Gasteiger partial charge in [0.1, 0.15) is 0 Å². The van der Waals surface area contributed by atoms with Gasteiger partial charge in [0.15, 0.2) is 0 Å². The van der Waals surface area contributed by atoms with Gasteiger partial charge in [-0.3, -0.25) is 0 Å². The minimum absolute atomic E-state index is 0.0928. The normalized spacial score (nSPS) is 17.7. The smallest absolute Gasteiger partial charge is 0.221 e. The fourth-order valence-electron chi connectivity index (χ4n) is 2.14. The Hall–Kier alpha value is -1.75. The fourth-order valence-corrected chi connectivity index (χ4v) is 3.75. The molecule has 112 valence electrons. The summed E-state index contributed by atoms with van der Waals surface area (Å²) in [5.41, 5.74) is -0.186. The van der Waals surface area contributed by atoms with Crippen LogP contribution in [0, 0.1) is 0 Å². The summed E-state index contributed by atoms with van der Waals surface area (Å²) in [5, 5.41) is -5.65. The van der Waals surface area contributed by atoms with E-state index in [1.807, 2.05) is 0 Å². The minimum Gasteiger partial charge on any atom is -0.221 e. The maximum atomic E-state index is 15.0. The Bertz CT molecular complexity index is 651. The number of alkyl halides is 2. The van der Waals surface area contributed by atoms with Gasteiger partial charge >= 0.3 is 0 Å². The third-order valence-electron chi connectivity index (χ3n) is 3.59. The van der Waals surface area contributed by atoms with Crippen LogP contribution in [0.15, 0.2) is 60.7 Å². The number of benzene rings is 2. The van der Waals surface area contributed by atoms with Crippen molar-refractivity contribution in [1.29, 1.82) is 0 Å². The summed E-state index contributed by atoms with van der Waals surface area (Å²) >= 11 is 0. The number of sulfone groups is 1. The summed E-state index contributed by atoms with van der Waals surface area (Å²) in [5.74, 6) is 0. The fraction of sp³-hybridized carbons (Fsp3) is 0.250. The zero-order valence-corrected chi connectivity index (χ0v) is 12.6. The molecular formula is C16H16F2O2S. The second-order valence-corrected chi connectivity index (χ2v) is 7.61. The molecule has 0 saturated heterocycles. The van der Waals surface area contributed by atoms with Gasteiger partial charge in [-0.1, -0.05) is 60.7 Å². The summed E-state index contributed by atoms with van der Waals surface area (Å²) in [4.78, 5) is 0. The highest BCUT2D eigenvalue weighted by molar-refractivity contribution is 7.92. The second-order valence-electron chi connectivity index (χ2n) is 5.07. The van der Waals surface area contributed by atoms with Crippen LogP contribution in [0.1, 0.15) is 25.0 Å². The molecule has 0 aromatic heterocycles. The van der Waals surface area contributed by atoms with Gasteiger partial charge in [-0.05, 0) is 13.8 Å². The predicted molar refractivity (Wildman–Crippen MR) is 78.7 cm³/mol. The van der Waals surface area contributed by atoms with Crippen LogP contribution >= 0.6 is 0 Å². The Balaban J connectivity index is 2.56. The van der Waals surface area contributed by atoms with E-state index in [-0.39, 0.29) is 11.1 Å². The summed E-state index contributed by atoms with van der Waals surface area (Å²) in [6.45, 7) is 1.75. The van der Waals surface area contributed by atoms with Crippen LogP contribution in [0.5, 0.6) is 0 Å². The first-order valence-corrected chi connectivity index (χ1v) is 7.92. The van der Waals surface area contributed by atoms with Gasteiger partial charge in [-0.25, -0.2) is 17.2 Å². The molecule has 21 heavy (non-hydrogen) atoms. The Kier molecular flexibility index (Phi) is 3.89. The first-order chi connectivity index (χ1) is 9.71. The SMILES string of the molecule is CC(F)(c1ccccc1)S(=O)(=O)C(C)(F)c1ccccc1. The van der Waals surface area contributed by atoms with E-state index in [0.717, 1.165) is 13.8 Å². The van der Waals surface area contributed by atoms with E-state index < -0.39 is 19.8 Å². The van der Waals surface area contributed by atoms with Gasteiger partial charge in [0.2, 0.25) is 19.8 Å². The summed E-state index contributed by atoms with van der Waals surface area (Å²) in [6, 6.07) is 14.7. The van der Waals surface area contributed by atoms with E-state index in [4.69, 9.17) is 0 Å².